The van der Waals surface area contributed by atoms with Crippen molar-refractivity contribution in [3.63, 3.8) is 0 Å². The van der Waals surface area contributed by atoms with E-state index in [2.05, 4.69) is 31.1 Å². The lowest BCUT2D eigenvalue weighted by atomic mass is 10.2. The Hall–Kier alpha value is -0.0800. The van der Waals surface area contributed by atoms with E-state index >= 15 is 0 Å². The standard InChI is InChI=1S/C8H18N2/c1-4-9-8-5-7(2)10(3)6-8/h7-9H,4-6H2,1-3H3/t7-,8+/m0/s1. The van der Waals surface area contributed by atoms with Crippen LogP contribution in [0.3, 0.4) is 0 Å². The highest BCUT2D eigenvalue weighted by Crippen LogP contribution is 2.14. The van der Waals surface area contributed by atoms with E-state index in [-0.39, 0.29) is 0 Å². The average molecular weight is 142 g/mol. The minimum Gasteiger partial charge on any atom is -0.313 e. The number of rotatable bonds is 2. The molecular formula is C8H18N2. The van der Waals surface area contributed by atoms with Gasteiger partial charge in [0.2, 0.25) is 0 Å². The number of nitrogens with one attached hydrogen (secondary N) is 1. The fourth-order valence-electron chi connectivity index (χ4n) is 1.63. The Morgan fingerprint density at radius 2 is 2.30 bits per heavy atom. The van der Waals surface area contributed by atoms with E-state index in [0.717, 1.165) is 18.6 Å². The highest BCUT2D eigenvalue weighted by Gasteiger charge is 2.24. The third kappa shape index (κ3) is 1.70. The fourth-order valence-corrected chi connectivity index (χ4v) is 1.63. The summed E-state index contributed by atoms with van der Waals surface area (Å²) >= 11 is 0. The number of likely N-dealkylation sites (tertiary alicyclic amines) is 1. The molecule has 0 aliphatic carbocycles. The van der Waals surface area contributed by atoms with Crippen LogP contribution in [0, 0.1) is 0 Å². The lowest BCUT2D eigenvalue weighted by Gasteiger charge is -2.12. The van der Waals surface area contributed by atoms with Crippen LogP contribution in [0.5, 0.6) is 0 Å². The number of hydrogen-bond acceptors (Lipinski definition) is 2. The Bertz CT molecular complexity index is 93.4. The summed E-state index contributed by atoms with van der Waals surface area (Å²) < 4.78 is 0. The lowest BCUT2D eigenvalue weighted by molar-refractivity contribution is 0.327. The summed E-state index contributed by atoms with van der Waals surface area (Å²) in [4.78, 5) is 2.41. The molecule has 1 fully saturated rings. The van der Waals surface area contributed by atoms with Crippen molar-refractivity contribution < 1.29 is 0 Å². The second kappa shape index (κ2) is 3.35. The minimum atomic E-state index is 0.741. The Morgan fingerprint density at radius 1 is 1.60 bits per heavy atom. The molecule has 2 atom stereocenters. The van der Waals surface area contributed by atoms with Gasteiger partial charge in [0.05, 0.1) is 0 Å². The van der Waals surface area contributed by atoms with Gasteiger partial charge in [0, 0.05) is 18.6 Å². The monoisotopic (exact) mass is 142 g/mol. The quantitative estimate of drug-likeness (QED) is 0.610. The maximum Gasteiger partial charge on any atom is 0.0209 e. The summed E-state index contributed by atoms with van der Waals surface area (Å²) in [5.74, 6) is 0. The molecule has 0 aromatic rings. The molecule has 1 rings (SSSR count). The van der Waals surface area contributed by atoms with Gasteiger partial charge in [-0.1, -0.05) is 6.92 Å². The first-order valence-electron chi connectivity index (χ1n) is 4.17. The maximum absolute atomic E-state index is 3.46. The fraction of sp³-hybridized carbons (Fsp3) is 1.00. The average Bonchev–Trinajstić information content (AvgIpc) is 2.14. The highest BCUT2D eigenvalue weighted by atomic mass is 15.2. The second-order valence-corrected chi connectivity index (χ2v) is 3.28. The molecule has 0 unspecified atom stereocenters. The second-order valence-electron chi connectivity index (χ2n) is 3.28. The molecule has 0 aromatic heterocycles. The molecule has 2 heteroatoms. The molecule has 1 N–H and O–H groups in total. The van der Waals surface area contributed by atoms with Crippen LogP contribution in [-0.2, 0) is 0 Å². The maximum atomic E-state index is 3.46. The molecule has 1 aliphatic rings. The first-order chi connectivity index (χ1) is 4.74. The predicted molar refractivity (Wildman–Crippen MR) is 44.2 cm³/mol. The third-order valence-corrected chi connectivity index (χ3v) is 2.38. The van der Waals surface area contributed by atoms with Crippen molar-refractivity contribution >= 4 is 0 Å². The van der Waals surface area contributed by atoms with Gasteiger partial charge in [0.1, 0.15) is 0 Å². The normalized spacial score (nSPS) is 35.1. The van der Waals surface area contributed by atoms with Crippen LogP contribution in [0.1, 0.15) is 20.3 Å². The molecule has 1 aliphatic heterocycles. The first kappa shape index (κ1) is 8.02. The van der Waals surface area contributed by atoms with E-state index in [1.807, 2.05) is 0 Å². The van der Waals surface area contributed by atoms with Crippen molar-refractivity contribution in [1.82, 2.24) is 10.2 Å². The summed E-state index contributed by atoms with van der Waals surface area (Å²) in [5.41, 5.74) is 0. The van der Waals surface area contributed by atoms with Crippen LogP contribution in [0.25, 0.3) is 0 Å². The van der Waals surface area contributed by atoms with Crippen LogP contribution in [0.4, 0.5) is 0 Å². The molecule has 0 amide bonds. The van der Waals surface area contributed by atoms with Crippen molar-refractivity contribution in [2.45, 2.75) is 32.4 Å². The van der Waals surface area contributed by atoms with Gasteiger partial charge >= 0.3 is 0 Å². The van der Waals surface area contributed by atoms with Crippen molar-refractivity contribution in [2.24, 2.45) is 0 Å². The summed E-state index contributed by atoms with van der Waals surface area (Å²) in [6, 6.07) is 1.51. The van der Waals surface area contributed by atoms with Crippen LogP contribution in [0.15, 0.2) is 0 Å². The van der Waals surface area contributed by atoms with Gasteiger partial charge in [-0.25, -0.2) is 0 Å². The van der Waals surface area contributed by atoms with Gasteiger partial charge in [-0.2, -0.15) is 0 Å². The molecule has 0 bridgehead atoms. The minimum absolute atomic E-state index is 0.741. The zero-order chi connectivity index (χ0) is 7.56. The Kier molecular flexibility index (Phi) is 2.69. The van der Waals surface area contributed by atoms with E-state index in [4.69, 9.17) is 0 Å². The Labute approximate surface area is 63.6 Å². The van der Waals surface area contributed by atoms with E-state index < -0.39 is 0 Å². The largest absolute Gasteiger partial charge is 0.313 e. The highest BCUT2D eigenvalue weighted by molar-refractivity contribution is 4.84. The summed E-state index contributed by atoms with van der Waals surface area (Å²) in [6.45, 7) is 6.78. The summed E-state index contributed by atoms with van der Waals surface area (Å²) in [5, 5.41) is 3.46. The SMILES string of the molecule is CCN[C@@H]1C[C@H](C)N(C)C1. The molecule has 2 nitrogen and oxygen atoms in total. The van der Waals surface area contributed by atoms with Gasteiger partial charge < -0.3 is 10.2 Å². The molecule has 10 heavy (non-hydrogen) atoms. The molecule has 0 radical (unpaired) electrons. The van der Waals surface area contributed by atoms with E-state index in [0.29, 0.717) is 0 Å². The predicted octanol–water partition coefficient (Wildman–Crippen LogP) is 0.689. The number of likely N-dealkylation sites (N-methyl/N-ethyl adjacent to an activating group) is 2. The molecule has 0 saturated carbocycles. The Morgan fingerprint density at radius 3 is 2.70 bits per heavy atom. The Balaban J connectivity index is 2.27. The third-order valence-electron chi connectivity index (χ3n) is 2.38. The van der Waals surface area contributed by atoms with Gasteiger partial charge in [-0.05, 0) is 26.9 Å². The lowest BCUT2D eigenvalue weighted by Crippen LogP contribution is -2.31. The molecule has 1 saturated heterocycles. The molecule has 60 valence electrons. The number of nitrogens with zero attached hydrogens (tertiary/aromatic N) is 1. The zero-order valence-corrected chi connectivity index (χ0v) is 7.22. The van der Waals surface area contributed by atoms with Crippen LogP contribution < -0.4 is 5.32 Å². The van der Waals surface area contributed by atoms with Crippen LogP contribution in [0.2, 0.25) is 0 Å². The van der Waals surface area contributed by atoms with Crippen LogP contribution >= 0.6 is 0 Å². The molecule has 0 aromatic carbocycles. The van der Waals surface area contributed by atoms with Crippen molar-refractivity contribution in [3.05, 3.63) is 0 Å². The molecular weight excluding hydrogens is 124 g/mol. The summed E-state index contributed by atoms with van der Waals surface area (Å²) in [7, 11) is 2.20. The van der Waals surface area contributed by atoms with Crippen LogP contribution in [-0.4, -0.2) is 37.1 Å². The molecule has 0 spiro atoms. The first-order valence-corrected chi connectivity index (χ1v) is 4.17. The van der Waals surface area contributed by atoms with Gasteiger partial charge in [0.25, 0.3) is 0 Å². The van der Waals surface area contributed by atoms with Crippen molar-refractivity contribution in [2.75, 3.05) is 20.1 Å². The van der Waals surface area contributed by atoms with Crippen molar-refractivity contribution in [3.8, 4) is 0 Å². The number of hydrogen-bond donors (Lipinski definition) is 1. The summed E-state index contributed by atoms with van der Waals surface area (Å²) in [6.07, 6.45) is 1.31. The van der Waals surface area contributed by atoms with Crippen molar-refractivity contribution in [1.29, 1.82) is 0 Å². The molecule has 1 heterocycles. The van der Waals surface area contributed by atoms with Gasteiger partial charge in [-0.3, -0.25) is 0 Å². The zero-order valence-electron chi connectivity index (χ0n) is 7.22. The van der Waals surface area contributed by atoms with E-state index in [1.165, 1.54) is 13.0 Å². The van der Waals surface area contributed by atoms with E-state index in [1.54, 1.807) is 0 Å². The van der Waals surface area contributed by atoms with E-state index in [9.17, 15) is 0 Å². The smallest absolute Gasteiger partial charge is 0.0209 e. The van der Waals surface area contributed by atoms with Gasteiger partial charge in [0.15, 0.2) is 0 Å². The topological polar surface area (TPSA) is 15.3 Å². The van der Waals surface area contributed by atoms with Gasteiger partial charge in [-0.15, -0.1) is 0 Å².